The van der Waals surface area contributed by atoms with E-state index in [-0.39, 0.29) is 11.4 Å². The van der Waals surface area contributed by atoms with E-state index in [4.69, 9.17) is 0 Å². The SMILES string of the molecule is CC(C)c1ccc(-n2nc3c4ccccc4c(=O)n(C)c3c2O)cc1. The lowest BCUT2D eigenvalue weighted by Gasteiger charge is -2.07. The molecule has 25 heavy (non-hydrogen) atoms. The Bertz CT molecular complexity index is 1150. The third-order valence-corrected chi connectivity index (χ3v) is 4.69. The number of pyridine rings is 1. The van der Waals surface area contributed by atoms with Gasteiger partial charge >= 0.3 is 0 Å². The fourth-order valence-corrected chi connectivity index (χ4v) is 3.23. The first kappa shape index (κ1) is 15.4. The zero-order valence-corrected chi connectivity index (χ0v) is 14.4. The van der Waals surface area contributed by atoms with Crippen LogP contribution in [0.1, 0.15) is 25.3 Å². The van der Waals surface area contributed by atoms with Crippen LogP contribution in [0, 0.1) is 0 Å². The van der Waals surface area contributed by atoms with E-state index in [1.54, 1.807) is 13.1 Å². The molecular formula is C20H19N3O2. The van der Waals surface area contributed by atoms with E-state index >= 15 is 0 Å². The summed E-state index contributed by atoms with van der Waals surface area (Å²) in [5, 5.41) is 16.7. The van der Waals surface area contributed by atoms with Crippen LogP contribution in [0.2, 0.25) is 0 Å². The molecule has 0 bridgehead atoms. The molecule has 0 radical (unpaired) electrons. The van der Waals surface area contributed by atoms with Crippen molar-refractivity contribution in [2.24, 2.45) is 7.05 Å². The van der Waals surface area contributed by atoms with Gasteiger partial charge in [-0.05, 0) is 29.7 Å². The molecule has 0 unspecified atom stereocenters. The highest BCUT2D eigenvalue weighted by atomic mass is 16.3. The molecule has 5 nitrogen and oxygen atoms in total. The summed E-state index contributed by atoms with van der Waals surface area (Å²) < 4.78 is 2.94. The molecule has 0 saturated carbocycles. The minimum absolute atomic E-state index is 0.0300. The lowest BCUT2D eigenvalue weighted by atomic mass is 10.0. The summed E-state index contributed by atoms with van der Waals surface area (Å²) in [6.07, 6.45) is 0. The summed E-state index contributed by atoms with van der Waals surface area (Å²) in [6, 6.07) is 15.3. The predicted molar refractivity (Wildman–Crippen MR) is 99.6 cm³/mol. The Labute approximate surface area is 144 Å². The van der Waals surface area contributed by atoms with Crippen LogP contribution < -0.4 is 5.56 Å². The van der Waals surface area contributed by atoms with Gasteiger partial charge in [-0.1, -0.05) is 44.2 Å². The molecule has 126 valence electrons. The van der Waals surface area contributed by atoms with Gasteiger partial charge in [-0.3, -0.25) is 4.79 Å². The van der Waals surface area contributed by atoms with Crippen molar-refractivity contribution in [1.29, 1.82) is 0 Å². The monoisotopic (exact) mass is 333 g/mol. The average Bonchev–Trinajstić information content (AvgIpc) is 2.97. The molecule has 0 aliphatic heterocycles. The summed E-state index contributed by atoms with van der Waals surface area (Å²) in [6.45, 7) is 4.27. The van der Waals surface area contributed by atoms with Gasteiger partial charge in [0.2, 0.25) is 5.88 Å². The highest BCUT2D eigenvalue weighted by Gasteiger charge is 2.18. The van der Waals surface area contributed by atoms with E-state index in [1.165, 1.54) is 14.8 Å². The van der Waals surface area contributed by atoms with Gasteiger partial charge in [-0.2, -0.15) is 9.78 Å². The Morgan fingerprint density at radius 3 is 2.28 bits per heavy atom. The van der Waals surface area contributed by atoms with Crippen molar-refractivity contribution < 1.29 is 5.11 Å². The fourth-order valence-electron chi connectivity index (χ4n) is 3.23. The molecule has 2 heterocycles. The highest BCUT2D eigenvalue weighted by molar-refractivity contribution is 6.05. The molecule has 0 atom stereocenters. The second-order valence-electron chi connectivity index (χ2n) is 6.59. The number of fused-ring (bicyclic) bond motifs is 3. The third-order valence-electron chi connectivity index (χ3n) is 4.69. The average molecular weight is 333 g/mol. The maximum Gasteiger partial charge on any atom is 0.258 e. The van der Waals surface area contributed by atoms with Gasteiger partial charge < -0.3 is 9.67 Å². The lowest BCUT2D eigenvalue weighted by molar-refractivity contribution is 0.436. The molecule has 0 amide bonds. The Balaban J connectivity index is 2.04. The molecule has 0 aliphatic rings. The van der Waals surface area contributed by atoms with Crippen molar-refractivity contribution in [3.8, 4) is 11.6 Å². The Morgan fingerprint density at radius 2 is 1.64 bits per heavy atom. The summed E-state index contributed by atoms with van der Waals surface area (Å²) in [5.41, 5.74) is 2.89. The number of benzene rings is 2. The van der Waals surface area contributed by atoms with Crippen LogP contribution in [0.25, 0.3) is 27.5 Å². The summed E-state index contributed by atoms with van der Waals surface area (Å²) in [7, 11) is 1.66. The lowest BCUT2D eigenvalue weighted by Crippen LogP contribution is -2.16. The Kier molecular flexibility index (Phi) is 3.39. The molecule has 0 saturated heterocycles. The zero-order chi connectivity index (χ0) is 17.7. The van der Waals surface area contributed by atoms with Crippen LogP contribution in [-0.2, 0) is 7.05 Å². The topological polar surface area (TPSA) is 60.0 Å². The molecule has 4 rings (SSSR count). The predicted octanol–water partition coefficient (Wildman–Crippen LogP) is 3.71. The van der Waals surface area contributed by atoms with Crippen LogP contribution >= 0.6 is 0 Å². The maximum atomic E-state index is 12.6. The third kappa shape index (κ3) is 2.23. The number of aryl methyl sites for hydroxylation is 1. The number of nitrogens with zero attached hydrogens (tertiary/aromatic N) is 3. The fraction of sp³-hybridized carbons (Fsp3) is 0.200. The molecule has 2 aromatic carbocycles. The summed E-state index contributed by atoms with van der Waals surface area (Å²) >= 11 is 0. The van der Waals surface area contributed by atoms with Crippen molar-refractivity contribution in [2.45, 2.75) is 19.8 Å². The van der Waals surface area contributed by atoms with Crippen LogP contribution in [0.15, 0.2) is 53.3 Å². The first-order valence-corrected chi connectivity index (χ1v) is 8.29. The molecule has 0 fully saturated rings. The van der Waals surface area contributed by atoms with Crippen molar-refractivity contribution in [2.75, 3.05) is 0 Å². The largest absolute Gasteiger partial charge is 0.492 e. The first-order chi connectivity index (χ1) is 12.0. The minimum Gasteiger partial charge on any atom is -0.492 e. The normalized spacial score (nSPS) is 11.7. The van der Waals surface area contributed by atoms with Gasteiger partial charge in [-0.15, -0.1) is 0 Å². The van der Waals surface area contributed by atoms with Gasteiger partial charge in [0.1, 0.15) is 11.0 Å². The van der Waals surface area contributed by atoms with Crippen molar-refractivity contribution in [3.63, 3.8) is 0 Å². The van der Waals surface area contributed by atoms with Gasteiger partial charge in [0.15, 0.2) is 0 Å². The molecule has 5 heteroatoms. The van der Waals surface area contributed by atoms with Crippen LogP contribution in [0.5, 0.6) is 5.88 Å². The smallest absolute Gasteiger partial charge is 0.258 e. The van der Waals surface area contributed by atoms with Crippen LogP contribution in [-0.4, -0.2) is 19.5 Å². The van der Waals surface area contributed by atoms with E-state index in [2.05, 4.69) is 18.9 Å². The summed E-state index contributed by atoms with van der Waals surface area (Å²) in [5.74, 6) is 0.404. The zero-order valence-electron chi connectivity index (χ0n) is 14.4. The highest BCUT2D eigenvalue weighted by Crippen LogP contribution is 2.30. The molecular weight excluding hydrogens is 314 g/mol. The Hall–Kier alpha value is -3.08. The molecule has 1 N–H and O–H groups in total. The van der Waals surface area contributed by atoms with Crippen molar-refractivity contribution in [1.82, 2.24) is 14.3 Å². The summed E-state index contributed by atoms with van der Waals surface area (Å²) in [4.78, 5) is 12.6. The van der Waals surface area contributed by atoms with Crippen LogP contribution in [0.4, 0.5) is 0 Å². The molecule has 0 spiro atoms. The van der Waals surface area contributed by atoms with Gasteiger partial charge in [0, 0.05) is 17.8 Å². The number of aromatic hydroxyl groups is 1. The Morgan fingerprint density at radius 1 is 1.00 bits per heavy atom. The minimum atomic E-state index is -0.145. The quantitative estimate of drug-likeness (QED) is 0.608. The number of hydrogen-bond acceptors (Lipinski definition) is 3. The van der Waals surface area contributed by atoms with Gasteiger partial charge in [0.05, 0.1) is 5.69 Å². The second kappa shape index (κ2) is 5.48. The van der Waals surface area contributed by atoms with Crippen LogP contribution in [0.3, 0.4) is 0 Å². The second-order valence-corrected chi connectivity index (χ2v) is 6.59. The van der Waals surface area contributed by atoms with E-state index in [0.717, 1.165) is 11.1 Å². The maximum absolute atomic E-state index is 12.6. The first-order valence-electron chi connectivity index (χ1n) is 8.29. The molecule has 4 aromatic rings. The van der Waals surface area contributed by atoms with Crippen molar-refractivity contribution in [3.05, 3.63) is 64.4 Å². The van der Waals surface area contributed by atoms with Crippen molar-refractivity contribution >= 4 is 21.8 Å². The van der Waals surface area contributed by atoms with Gasteiger partial charge in [-0.25, -0.2) is 0 Å². The standard InChI is InChI=1S/C20H19N3O2/c1-12(2)13-8-10-14(11-9-13)23-20(25)18-17(21-23)15-6-4-5-7-16(15)19(24)22(18)3/h4-12,25H,1-3H3. The van der Waals surface area contributed by atoms with Gasteiger partial charge in [0.25, 0.3) is 5.56 Å². The number of aromatic nitrogens is 3. The van der Waals surface area contributed by atoms with E-state index < -0.39 is 0 Å². The number of rotatable bonds is 2. The molecule has 2 aromatic heterocycles. The van der Waals surface area contributed by atoms with E-state index in [0.29, 0.717) is 22.3 Å². The molecule has 0 aliphatic carbocycles. The van der Waals surface area contributed by atoms with E-state index in [9.17, 15) is 9.90 Å². The van der Waals surface area contributed by atoms with E-state index in [1.807, 2.05) is 42.5 Å². The number of hydrogen-bond donors (Lipinski definition) is 1.